The summed E-state index contributed by atoms with van der Waals surface area (Å²) in [5.74, 6) is 0.0270. The summed E-state index contributed by atoms with van der Waals surface area (Å²) in [5.41, 5.74) is 2.02. The van der Waals surface area contributed by atoms with E-state index in [-0.39, 0.29) is 23.5 Å². The highest BCUT2D eigenvalue weighted by molar-refractivity contribution is 6.03. The van der Waals surface area contributed by atoms with E-state index in [4.69, 9.17) is 4.74 Å². The number of halogens is 1. The Morgan fingerprint density at radius 2 is 1.71 bits per heavy atom. The predicted molar refractivity (Wildman–Crippen MR) is 155 cm³/mol. The molecule has 0 aliphatic heterocycles. The van der Waals surface area contributed by atoms with Crippen molar-refractivity contribution in [1.29, 1.82) is 0 Å². The molecule has 0 radical (unpaired) electrons. The zero-order chi connectivity index (χ0) is 29.2. The fraction of sp³-hybridized carbons (Fsp3) is 0.345. The van der Waals surface area contributed by atoms with Crippen molar-refractivity contribution in [3.8, 4) is 5.75 Å². The summed E-state index contributed by atoms with van der Waals surface area (Å²) in [5, 5.41) is 24.2. The normalized spacial score (nSPS) is 18.3. The molecule has 0 saturated heterocycles. The molecule has 0 atom stereocenters. The van der Waals surface area contributed by atoms with Gasteiger partial charge in [-0.2, -0.15) is 0 Å². The number of carboxylic acid groups (broad SMARTS) is 1. The van der Waals surface area contributed by atoms with Crippen molar-refractivity contribution in [2.45, 2.75) is 56.7 Å². The maximum atomic E-state index is 14.1. The number of rotatable bonds is 9. The van der Waals surface area contributed by atoms with Gasteiger partial charge in [0.25, 0.3) is 5.91 Å². The molecule has 2 aliphatic rings. The van der Waals surface area contributed by atoms with Crippen LogP contribution in [0.1, 0.15) is 49.0 Å². The summed E-state index contributed by atoms with van der Waals surface area (Å²) in [6.45, 7) is 0. The SMILES string of the molecule is COc1ccc(N(C(=O)O)C2CCC(Nc3cc(NC4CC4)c4ncc(C(=O)Nc5ccncc5F)n4n3)CC2)cc1. The number of pyridine rings is 1. The maximum absolute atomic E-state index is 14.1. The Kier molecular flexibility index (Phi) is 7.46. The molecule has 4 N–H and O–H groups in total. The van der Waals surface area contributed by atoms with Crippen LogP contribution in [0.2, 0.25) is 0 Å². The number of nitrogens with one attached hydrogen (secondary N) is 3. The van der Waals surface area contributed by atoms with E-state index in [1.807, 2.05) is 6.07 Å². The minimum absolute atomic E-state index is 0.0114. The number of benzene rings is 1. The van der Waals surface area contributed by atoms with Gasteiger partial charge in [0.05, 0.1) is 30.9 Å². The molecular formula is C29H31FN8O4. The van der Waals surface area contributed by atoms with Crippen LogP contribution in [0.5, 0.6) is 5.75 Å². The Morgan fingerprint density at radius 3 is 2.38 bits per heavy atom. The molecule has 0 unspecified atom stereocenters. The van der Waals surface area contributed by atoms with E-state index in [2.05, 4.69) is 31.0 Å². The van der Waals surface area contributed by atoms with Crippen molar-refractivity contribution in [2.24, 2.45) is 0 Å². The Labute approximate surface area is 240 Å². The zero-order valence-corrected chi connectivity index (χ0v) is 23.0. The molecule has 12 nitrogen and oxygen atoms in total. The number of carbonyl (C=O) groups excluding carboxylic acids is 1. The molecule has 2 amide bonds. The van der Waals surface area contributed by atoms with Crippen LogP contribution < -0.4 is 25.6 Å². The van der Waals surface area contributed by atoms with Crippen molar-refractivity contribution in [2.75, 3.05) is 28.0 Å². The van der Waals surface area contributed by atoms with Gasteiger partial charge in [-0.1, -0.05) is 0 Å². The van der Waals surface area contributed by atoms with Crippen LogP contribution in [0.3, 0.4) is 0 Å². The average Bonchev–Trinajstić information content (AvgIpc) is 3.70. The van der Waals surface area contributed by atoms with Crippen molar-refractivity contribution in [3.05, 3.63) is 66.5 Å². The van der Waals surface area contributed by atoms with Gasteiger partial charge in [0.2, 0.25) is 0 Å². The van der Waals surface area contributed by atoms with Crippen LogP contribution in [0.25, 0.3) is 5.65 Å². The number of anilines is 4. The second-order valence-corrected chi connectivity index (χ2v) is 10.6. The first-order chi connectivity index (χ1) is 20.4. The fourth-order valence-corrected chi connectivity index (χ4v) is 5.32. The van der Waals surface area contributed by atoms with Crippen molar-refractivity contribution < 1.29 is 23.8 Å². The first-order valence-electron chi connectivity index (χ1n) is 13.9. The number of hydrogen-bond donors (Lipinski definition) is 4. The van der Waals surface area contributed by atoms with Gasteiger partial charge in [0.15, 0.2) is 17.2 Å². The van der Waals surface area contributed by atoms with Crippen molar-refractivity contribution in [3.63, 3.8) is 0 Å². The molecule has 6 rings (SSSR count). The Balaban J connectivity index is 1.19. The van der Waals surface area contributed by atoms with Crippen molar-refractivity contribution >= 4 is 40.5 Å². The first kappa shape index (κ1) is 27.2. The van der Waals surface area contributed by atoms with E-state index in [0.717, 1.165) is 37.6 Å². The van der Waals surface area contributed by atoms with Crippen LogP contribution in [0.15, 0.2) is 55.0 Å². The van der Waals surface area contributed by atoms with E-state index in [1.54, 1.807) is 31.4 Å². The number of ether oxygens (including phenoxy) is 1. The van der Waals surface area contributed by atoms with E-state index in [1.165, 1.54) is 27.9 Å². The molecule has 1 aromatic carbocycles. The summed E-state index contributed by atoms with van der Waals surface area (Å²) in [4.78, 5) is 34.8. The first-order valence-corrected chi connectivity index (χ1v) is 13.9. The maximum Gasteiger partial charge on any atom is 0.412 e. The van der Waals surface area contributed by atoms with Crippen LogP contribution in [0.4, 0.5) is 32.1 Å². The molecule has 2 aliphatic carbocycles. The number of hydrogen-bond acceptors (Lipinski definition) is 8. The van der Waals surface area contributed by atoms with Crippen LogP contribution in [0, 0.1) is 5.82 Å². The third kappa shape index (κ3) is 5.76. The van der Waals surface area contributed by atoms with Gasteiger partial charge >= 0.3 is 6.09 Å². The fourth-order valence-electron chi connectivity index (χ4n) is 5.32. The highest BCUT2D eigenvalue weighted by Gasteiger charge is 2.31. The molecule has 4 aromatic rings. The molecule has 3 heterocycles. The standard InChI is InChI=1S/C29H31FN8O4/c1-42-21-10-8-20(9-11-21)37(29(40)41)19-6-4-18(5-7-19)34-26-14-24(33-17-2-3-17)27-32-16-25(38(27)36-26)28(39)35-23-12-13-31-15-22(23)30/h8-19,33H,2-7H2,1H3,(H,34,36)(H,40,41)(H,31,35,39). The highest BCUT2D eigenvalue weighted by atomic mass is 19.1. The number of nitrogens with zero attached hydrogens (tertiary/aromatic N) is 5. The quantitative estimate of drug-likeness (QED) is 0.217. The lowest BCUT2D eigenvalue weighted by Gasteiger charge is -2.35. The summed E-state index contributed by atoms with van der Waals surface area (Å²) in [7, 11) is 1.57. The summed E-state index contributed by atoms with van der Waals surface area (Å²) >= 11 is 0. The molecule has 42 heavy (non-hydrogen) atoms. The minimum Gasteiger partial charge on any atom is -0.497 e. The lowest BCUT2D eigenvalue weighted by Crippen LogP contribution is -2.43. The second-order valence-electron chi connectivity index (χ2n) is 10.6. The van der Waals surface area contributed by atoms with Gasteiger partial charge in [0.1, 0.15) is 11.6 Å². The van der Waals surface area contributed by atoms with E-state index in [0.29, 0.717) is 41.8 Å². The van der Waals surface area contributed by atoms with Gasteiger partial charge in [0, 0.05) is 36.1 Å². The minimum atomic E-state index is -0.989. The zero-order valence-electron chi connectivity index (χ0n) is 23.0. The molecule has 0 spiro atoms. The smallest absolute Gasteiger partial charge is 0.412 e. The molecule has 2 fully saturated rings. The highest BCUT2D eigenvalue weighted by Crippen LogP contribution is 2.32. The Bertz CT molecular complexity index is 1600. The summed E-state index contributed by atoms with van der Waals surface area (Å²) < 4.78 is 20.8. The average molecular weight is 575 g/mol. The van der Waals surface area contributed by atoms with Gasteiger partial charge < -0.3 is 25.8 Å². The lowest BCUT2D eigenvalue weighted by molar-refractivity contribution is 0.102. The van der Waals surface area contributed by atoms with Crippen LogP contribution >= 0.6 is 0 Å². The van der Waals surface area contributed by atoms with Crippen molar-refractivity contribution in [1.82, 2.24) is 19.6 Å². The number of aromatic nitrogens is 4. The number of imidazole rings is 1. The summed E-state index contributed by atoms with van der Waals surface area (Å²) in [6, 6.07) is 10.5. The number of methoxy groups -OCH3 is 1. The molecule has 2 saturated carbocycles. The molecule has 13 heteroatoms. The number of amides is 2. The number of fused-ring (bicyclic) bond motifs is 1. The molecular weight excluding hydrogens is 543 g/mol. The monoisotopic (exact) mass is 574 g/mol. The van der Waals surface area contributed by atoms with E-state index < -0.39 is 17.8 Å². The van der Waals surface area contributed by atoms with Crippen LogP contribution in [-0.2, 0) is 0 Å². The third-order valence-electron chi connectivity index (χ3n) is 7.63. The predicted octanol–water partition coefficient (Wildman–Crippen LogP) is 5.01. The lowest BCUT2D eigenvalue weighted by atomic mass is 9.90. The van der Waals surface area contributed by atoms with Gasteiger partial charge in [-0.05, 0) is 68.9 Å². The second kappa shape index (κ2) is 11.5. The number of carbonyl (C=O) groups is 2. The molecule has 0 bridgehead atoms. The molecule has 218 valence electrons. The van der Waals surface area contributed by atoms with Gasteiger partial charge in [-0.15, -0.1) is 5.10 Å². The van der Waals surface area contributed by atoms with E-state index >= 15 is 0 Å². The van der Waals surface area contributed by atoms with Gasteiger partial charge in [-0.25, -0.2) is 18.7 Å². The Morgan fingerprint density at radius 1 is 1.00 bits per heavy atom. The Hall–Kier alpha value is -4.94. The topological polar surface area (TPSA) is 146 Å². The van der Waals surface area contributed by atoms with E-state index in [9.17, 15) is 19.1 Å². The molecule has 3 aromatic heterocycles. The largest absolute Gasteiger partial charge is 0.497 e. The summed E-state index contributed by atoms with van der Waals surface area (Å²) in [6.07, 6.45) is 7.75. The van der Waals surface area contributed by atoms with Gasteiger partial charge in [-0.3, -0.25) is 14.7 Å². The third-order valence-corrected chi connectivity index (χ3v) is 7.63. The van der Waals surface area contributed by atoms with Crippen LogP contribution in [-0.4, -0.2) is 61.9 Å².